The summed E-state index contributed by atoms with van der Waals surface area (Å²) in [5.41, 5.74) is 0.00398. The monoisotopic (exact) mass is 223 g/mol. The van der Waals surface area contributed by atoms with Crippen molar-refractivity contribution in [1.29, 1.82) is 0 Å². The number of aliphatic hydroxyl groups is 1. The standard InChI is InChI=1S/C14H25NO/c1-12-6-5-9-14(10-12,11-16)15-13-7-3-2-4-8-13/h3,7,12-13,15-16H,2,4-6,8-11H2,1H3. The van der Waals surface area contributed by atoms with Crippen LogP contribution in [0.4, 0.5) is 0 Å². The topological polar surface area (TPSA) is 32.3 Å². The molecule has 3 unspecified atom stereocenters. The van der Waals surface area contributed by atoms with Gasteiger partial charge in [0.25, 0.3) is 0 Å². The maximum atomic E-state index is 9.70. The molecule has 0 heterocycles. The van der Waals surface area contributed by atoms with Crippen LogP contribution < -0.4 is 5.32 Å². The molecular weight excluding hydrogens is 198 g/mol. The largest absolute Gasteiger partial charge is 0.394 e. The molecule has 0 aromatic heterocycles. The molecule has 3 atom stereocenters. The van der Waals surface area contributed by atoms with E-state index in [1.165, 1.54) is 32.1 Å². The van der Waals surface area contributed by atoms with E-state index in [1.807, 2.05) is 0 Å². The highest BCUT2D eigenvalue weighted by Gasteiger charge is 2.35. The van der Waals surface area contributed by atoms with Crippen molar-refractivity contribution in [2.45, 2.75) is 63.5 Å². The Kier molecular flexibility index (Phi) is 4.04. The van der Waals surface area contributed by atoms with E-state index in [0.717, 1.165) is 18.8 Å². The van der Waals surface area contributed by atoms with Gasteiger partial charge in [0.1, 0.15) is 0 Å². The van der Waals surface area contributed by atoms with Crippen molar-refractivity contribution >= 4 is 0 Å². The van der Waals surface area contributed by atoms with E-state index in [2.05, 4.69) is 24.4 Å². The van der Waals surface area contributed by atoms with Crippen molar-refractivity contribution in [3.8, 4) is 0 Å². The maximum Gasteiger partial charge on any atom is 0.0613 e. The van der Waals surface area contributed by atoms with Gasteiger partial charge in [-0.15, -0.1) is 0 Å². The fourth-order valence-electron chi connectivity index (χ4n) is 3.31. The van der Waals surface area contributed by atoms with E-state index in [9.17, 15) is 5.11 Å². The molecule has 16 heavy (non-hydrogen) atoms. The molecule has 0 spiro atoms. The Bertz CT molecular complexity index is 251. The van der Waals surface area contributed by atoms with Crippen LogP contribution in [0, 0.1) is 5.92 Å². The van der Waals surface area contributed by atoms with Crippen LogP contribution >= 0.6 is 0 Å². The van der Waals surface area contributed by atoms with Crippen LogP contribution in [0.25, 0.3) is 0 Å². The molecule has 2 aliphatic carbocycles. The molecule has 0 aliphatic heterocycles. The van der Waals surface area contributed by atoms with Gasteiger partial charge in [-0.3, -0.25) is 0 Å². The fraction of sp³-hybridized carbons (Fsp3) is 0.857. The van der Waals surface area contributed by atoms with Gasteiger partial charge in [0.2, 0.25) is 0 Å². The molecule has 0 aromatic rings. The molecule has 2 heteroatoms. The Morgan fingerprint density at radius 3 is 2.88 bits per heavy atom. The van der Waals surface area contributed by atoms with Gasteiger partial charge in [-0.2, -0.15) is 0 Å². The second-order valence-electron chi connectivity index (χ2n) is 5.75. The molecule has 1 fully saturated rings. The first-order valence-corrected chi connectivity index (χ1v) is 6.79. The zero-order chi connectivity index (χ0) is 11.4. The molecule has 0 amide bonds. The summed E-state index contributed by atoms with van der Waals surface area (Å²) in [6, 6.07) is 0.492. The van der Waals surface area contributed by atoms with Crippen LogP contribution in [0.15, 0.2) is 12.2 Å². The summed E-state index contributed by atoms with van der Waals surface area (Å²) < 4.78 is 0. The van der Waals surface area contributed by atoms with Gasteiger partial charge in [0.15, 0.2) is 0 Å². The predicted octanol–water partition coefficient (Wildman–Crippen LogP) is 2.63. The summed E-state index contributed by atoms with van der Waals surface area (Å²) in [5, 5.41) is 13.4. The second-order valence-corrected chi connectivity index (χ2v) is 5.75. The lowest BCUT2D eigenvalue weighted by Gasteiger charge is -2.42. The third-order valence-electron chi connectivity index (χ3n) is 4.14. The number of aliphatic hydroxyl groups excluding tert-OH is 1. The molecule has 1 saturated carbocycles. The Hall–Kier alpha value is -0.340. The van der Waals surface area contributed by atoms with Gasteiger partial charge >= 0.3 is 0 Å². The SMILES string of the molecule is CC1CCCC(CO)(NC2C=CCCC2)C1. The van der Waals surface area contributed by atoms with E-state index in [0.29, 0.717) is 12.6 Å². The first kappa shape index (κ1) is 12.1. The second kappa shape index (κ2) is 5.33. The number of hydrogen-bond acceptors (Lipinski definition) is 2. The molecule has 0 saturated heterocycles. The Morgan fingerprint density at radius 2 is 2.25 bits per heavy atom. The minimum atomic E-state index is 0.00398. The summed E-state index contributed by atoms with van der Waals surface area (Å²) in [6.07, 6.45) is 13.2. The molecule has 2 rings (SSSR count). The number of allylic oxidation sites excluding steroid dienone is 1. The summed E-state index contributed by atoms with van der Waals surface area (Å²) in [6.45, 7) is 2.60. The van der Waals surface area contributed by atoms with Crippen molar-refractivity contribution in [1.82, 2.24) is 5.32 Å². The van der Waals surface area contributed by atoms with E-state index in [4.69, 9.17) is 0 Å². The van der Waals surface area contributed by atoms with Crippen molar-refractivity contribution in [2.24, 2.45) is 5.92 Å². The van der Waals surface area contributed by atoms with Gasteiger partial charge in [0.05, 0.1) is 6.61 Å². The minimum Gasteiger partial charge on any atom is -0.394 e. The summed E-state index contributed by atoms with van der Waals surface area (Å²) >= 11 is 0. The van der Waals surface area contributed by atoms with E-state index < -0.39 is 0 Å². The normalized spacial score (nSPS) is 39.9. The molecule has 2 nitrogen and oxygen atoms in total. The Labute approximate surface area is 99.1 Å². The van der Waals surface area contributed by atoms with Crippen molar-refractivity contribution < 1.29 is 5.11 Å². The van der Waals surface area contributed by atoms with Crippen LogP contribution in [0.3, 0.4) is 0 Å². The van der Waals surface area contributed by atoms with Crippen LogP contribution in [-0.4, -0.2) is 23.3 Å². The highest BCUT2D eigenvalue weighted by Crippen LogP contribution is 2.33. The predicted molar refractivity (Wildman–Crippen MR) is 67.4 cm³/mol. The summed E-state index contributed by atoms with van der Waals surface area (Å²) in [5.74, 6) is 0.751. The average molecular weight is 223 g/mol. The van der Waals surface area contributed by atoms with Crippen molar-refractivity contribution in [3.05, 3.63) is 12.2 Å². The third kappa shape index (κ3) is 2.86. The van der Waals surface area contributed by atoms with Crippen LogP contribution in [-0.2, 0) is 0 Å². The lowest BCUT2D eigenvalue weighted by Crippen LogP contribution is -2.55. The van der Waals surface area contributed by atoms with Crippen molar-refractivity contribution in [2.75, 3.05) is 6.61 Å². The molecule has 0 radical (unpaired) electrons. The van der Waals surface area contributed by atoms with E-state index >= 15 is 0 Å². The molecule has 2 aliphatic rings. The first-order valence-electron chi connectivity index (χ1n) is 6.79. The fourth-order valence-corrected chi connectivity index (χ4v) is 3.31. The molecule has 0 bridgehead atoms. The number of rotatable bonds is 3. The highest BCUT2D eigenvalue weighted by atomic mass is 16.3. The molecule has 92 valence electrons. The lowest BCUT2D eigenvalue weighted by atomic mass is 9.76. The minimum absolute atomic E-state index is 0.00398. The van der Waals surface area contributed by atoms with Gasteiger partial charge in [-0.25, -0.2) is 0 Å². The van der Waals surface area contributed by atoms with Crippen LogP contribution in [0.2, 0.25) is 0 Å². The third-order valence-corrected chi connectivity index (χ3v) is 4.14. The molecular formula is C14H25NO. The summed E-state index contributed by atoms with van der Waals surface area (Å²) in [4.78, 5) is 0. The summed E-state index contributed by atoms with van der Waals surface area (Å²) in [7, 11) is 0. The lowest BCUT2D eigenvalue weighted by molar-refractivity contribution is 0.0917. The van der Waals surface area contributed by atoms with Gasteiger partial charge in [-0.05, 0) is 38.0 Å². The van der Waals surface area contributed by atoms with Gasteiger partial charge in [-0.1, -0.05) is 31.9 Å². The number of nitrogens with one attached hydrogen (secondary N) is 1. The quantitative estimate of drug-likeness (QED) is 0.721. The van der Waals surface area contributed by atoms with Crippen LogP contribution in [0.5, 0.6) is 0 Å². The van der Waals surface area contributed by atoms with E-state index in [1.54, 1.807) is 0 Å². The first-order chi connectivity index (χ1) is 7.74. The Morgan fingerprint density at radius 1 is 1.38 bits per heavy atom. The van der Waals surface area contributed by atoms with E-state index in [-0.39, 0.29) is 5.54 Å². The smallest absolute Gasteiger partial charge is 0.0613 e. The maximum absolute atomic E-state index is 9.70. The average Bonchev–Trinajstić information content (AvgIpc) is 2.30. The molecule has 2 N–H and O–H groups in total. The van der Waals surface area contributed by atoms with Crippen molar-refractivity contribution in [3.63, 3.8) is 0 Å². The Balaban J connectivity index is 1.97. The zero-order valence-electron chi connectivity index (χ0n) is 10.4. The van der Waals surface area contributed by atoms with Gasteiger partial charge < -0.3 is 10.4 Å². The molecule has 0 aromatic carbocycles. The van der Waals surface area contributed by atoms with Gasteiger partial charge in [0, 0.05) is 11.6 Å². The highest BCUT2D eigenvalue weighted by molar-refractivity contribution is 5.03. The zero-order valence-corrected chi connectivity index (χ0v) is 10.4. The number of hydrogen-bond donors (Lipinski definition) is 2. The van der Waals surface area contributed by atoms with Crippen LogP contribution in [0.1, 0.15) is 51.9 Å².